The van der Waals surface area contributed by atoms with E-state index in [1.54, 1.807) is 30.5 Å². The molecule has 31 heavy (non-hydrogen) atoms. The number of pyridine rings is 2. The van der Waals surface area contributed by atoms with Crippen molar-refractivity contribution in [2.45, 2.75) is 30.1 Å². The summed E-state index contributed by atoms with van der Waals surface area (Å²) in [5.41, 5.74) is 1.48. The number of aromatic nitrogens is 2. The average molecular weight is 441 g/mol. The molecule has 0 bridgehead atoms. The third-order valence-electron chi connectivity index (χ3n) is 5.61. The summed E-state index contributed by atoms with van der Waals surface area (Å²) in [6.07, 6.45) is 2.77. The Morgan fingerprint density at radius 1 is 1.00 bits per heavy atom. The van der Waals surface area contributed by atoms with E-state index < -0.39 is 22.2 Å². The summed E-state index contributed by atoms with van der Waals surface area (Å²) in [7, 11) is -3.86. The molecule has 0 N–H and O–H groups in total. The Kier molecular flexibility index (Phi) is 5.17. The highest BCUT2D eigenvalue weighted by molar-refractivity contribution is 7.89. The molecule has 0 unspecified atom stereocenters. The quantitative estimate of drug-likeness (QED) is 0.621. The average Bonchev–Trinajstić information content (AvgIpc) is 3.11. The minimum atomic E-state index is -3.86. The fourth-order valence-electron chi connectivity index (χ4n) is 4.21. The molecule has 0 saturated carbocycles. The lowest BCUT2D eigenvalue weighted by atomic mass is 10.2. The van der Waals surface area contributed by atoms with E-state index in [4.69, 9.17) is 4.74 Å². The Bertz CT molecular complexity index is 1190. The van der Waals surface area contributed by atoms with Gasteiger partial charge in [-0.2, -0.15) is 4.31 Å². The third kappa shape index (κ3) is 3.91. The van der Waals surface area contributed by atoms with Crippen LogP contribution in [0.15, 0.2) is 71.9 Å². The standard InChI is InChI=1S/C22H21FN4O3S/c23-17-6-3-5-16(11-17)12-26-14-19-20(15-26)30-22-21(8-4-10-25-22)31(28,29)27(19)13-18-7-1-2-9-24-18/h1-11,19-20H,12-15H2/t19-,20-/m0/s1. The first-order valence-electron chi connectivity index (χ1n) is 10.0. The summed E-state index contributed by atoms with van der Waals surface area (Å²) in [6.45, 7) is 1.60. The van der Waals surface area contributed by atoms with Gasteiger partial charge in [-0.05, 0) is 42.0 Å². The number of hydrogen-bond donors (Lipinski definition) is 0. The van der Waals surface area contributed by atoms with E-state index in [9.17, 15) is 12.8 Å². The van der Waals surface area contributed by atoms with Crippen LogP contribution >= 0.6 is 0 Å². The smallest absolute Gasteiger partial charge is 0.249 e. The molecule has 3 aromatic rings. The highest BCUT2D eigenvalue weighted by atomic mass is 32.2. The Morgan fingerprint density at radius 3 is 2.68 bits per heavy atom. The second-order valence-electron chi connectivity index (χ2n) is 7.73. The third-order valence-corrected chi connectivity index (χ3v) is 7.49. The molecule has 0 radical (unpaired) electrons. The molecule has 2 aromatic heterocycles. The molecular formula is C22H21FN4O3S. The molecule has 2 aliphatic heterocycles. The second kappa shape index (κ2) is 7.99. The molecule has 5 rings (SSSR count). The lowest BCUT2D eigenvalue weighted by molar-refractivity contribution is 0.143. The molecule has 2 atom stereocenters. The van der Waals surface area contributed by atoms with Crippen LogP contribution in [-0.2, 0) is 23.1 Å². The maximum atomic E-state index is 13.6. The zero-order valence-corrected chi connectivity index (χ0v) is 17.5. The molecular weight excluding hydrogens is 419 g/mol. The van der Waals surface area contributed by atoms with Gasteiger partial charge in [0.2, 0.25) is 15.9 Å². The van der Waals surface area contributed by atoms with Gasteiger partial charge < -0.3 is 4.74 Å². The monoisotopic (exact) mass is 440 g/mol. The molecule has 0 amide bonds. The molecule has 9 heteroatoms. The van der Waals surface area contributed by atoms with Crippen LogP contribution in [-0.4, -0.2) is 52.8 Å². The van der Waals surface area contributed by atoms with Crippen LogP contribution in [0.4, 0.5) is 4.39 Å². The summed E-state index contributed by atoms with van der Waals surface area (Å²) in [5, 5.41) is 0. The molecule has 0 spiro atoms. The molecule has 4 heterocycles. The van der Waals surface area contributed by atoms with Crippen molar-refractivity contribution in [3.8, 4) is 5.88 Å². The highest BCUT2D eigenvalue weighted by Crippen LogP contribution is 2.35. The maximum absolute atomic E-state index is 13.6. The van der Waals surface area contributed by atoms with E-state index >= 15 is 0 Å². The van der Waals surface area contributed by atoms with Gasteiger partial charge in [-0.3, -0.25) is 9.88 Å². The summed E-state index contributed by atoms with van der Waals surface area (Å²) >= 11 is 0. The van der Waals surface area contributed by atoms with Gasteiger partial charge in [0.1, 0.15) is 16.8 Å². The summed E-state index contributed by atoms with van der Waals surface area (Å²) < 4.78 is 48.4. The minimum absolute atomic E-state index is 0.0667. The number of ether oxygens (including phenoxy) is 1. The predicted octanol–water partition coefficient (Wildman–Crippen LogP) is 2.45. The molecule has 2 aliphatic rings. The van der Waals surface area contributed by atoms with Gasteiger partial charge in [0, 0.05) is 32.0 Å². The van der Waals surface area contributed by atoms with Gasteiger partial charge in [-0.25, -0.2) is 17.8 Å². The molecule has 1 saturated heterocycles. The SMILES string of the molecule is O=S1(=O)c2cccnc2O[C@H]2CN(Cc3cccc(F)c3)C[C@@H]2N1Cc1ccccn1. The normalized spacial score (nSPS) is 22.9. The van der Waals surface area contributed by atoms with Gasteiger partial charge >= 0.3 is 0 Å². The van der Waals surface area contributed by atoms with Crippen LogP contribution in [0, 0.1) is 5.82 Å². The van der Waals surface area contributed by atoms with Crippen LogP contribution in [0.5, 0.6) is 5.88 Å². The van der Waals surface area contributed by atoms with E-state index in [1.807, 2.05) is 12.1 Å². The molecule has 1 fully saturated rings. The van der Waals surface area contributed by atoms with E-state index in [-0.39, 0.29) is 23.1 Å². The van der Waals surface area contributed by atoms with Crippen LogP contribution in [0.25, 0.3) is 0 Å². The zero-order valence-electron chi connectivity index (χ0n) is 16.6. The summed E-state index contributed by atoms with van der Waals surface area (Å²) in [6, 6.07) is 14.6. The largest absolute Gasteiger partial charge is 0.470 e. The number of likely N-dealkylation sites (tertiary alicyclic amines) is 1. The van der Waals surface area contributed by atoms with Crippen molar-refractivity contribution in [2.24, 2.45) is 0 Å². The second-order valence-corrected chi connectivity index (χ2v) is 9.58. The van der Waals surface area contributed by atoms with Crippen LogP contribution in [0.3, 0.4) is 0 Å². The van der Waals surface area contributed by atoms with Gasteiger partial charge in [-0.15, -0.1) is 0 Å². The summed E-state index contributed by atoms with van der Waals surface area (Å²) in [4.78, 5) is 10.7. The maximum Gasteiger partial charge on any atom is 0.249 e. The predicted molar refractivity (Wildman–Crippen MR) is 111 cm³/mol. The fourth-order valence-corrected chi connectivity index (χ4v) is 5.90. The van der Waals surface area contributed by atoms with Crippen molar-refractivity contribution in [3.05, 3.63) is 84.1 Å². The molecule has 160 valence electrons. The number of nitrogens with zero attached hydrogens (tertiary/aromatic N) is 4. The molecule has 7 nitrogen and oxygen atoms in total. The topological polar surface area (TPSA) is 75.6 Å². The van der Waals surface area contributed by atoms with Crippen LogP contribution < -0.4 is 4.74 Å². The van der Waals surface area contributed by atoms with Crippen molar-refractivity contribution < 1.29 is 17.5 Å². The number of fused-ring (bicyclic) bond motifs is 2. The lowest BCUT2D eigenvalue weighted by Crippen LogP contribution is -2.46. The van der Waals surface area contributed by atoms with Crippen LogP contribution in [0.1, 0.15) is 11.3 Å². The van der Waals surface area contributed by atoms with Gasteiger partial charge in [0.25, 0.3) is 0 Å². The van der Waals surface area contributed by atoms with E-state index in [0.29, 0.717) is 25.3 Å². The number of halogens is 1. The Balaban J connectivity index is 1.50. The minimum Gasteiger partial charge on any atom is -0.470 e. The van der Waals surface area contributed by atoms with Crippen molar-refractivity contribution in [1.82, 2.24) is 19.2 Å². The van der Waals surface area contributed by atoms with Gasteiger partial charge in [0.15, 0.2) is 0 Å². The Labute approximate surface area is 180 Å². The fraction of sp³-hybridized carbons (Fsp3) is 0.273. The lowest BCUT2D eigenvalue weighted by Gasteiger charge is -2.27. The molecule has 1 aromatic carbocycles. The number of benzene rings is 1. The van der Waals surface area contributed by atoms with E-state index in [1.165, 1.54) is 28.7 Å². The first-order chi connectivity index (χ1) is 15.0. The first-order valence-corrected chi connectivity index (χ1v) is 11.4. The van der Waals surface area contributed by atoms with Crippen molar-refractivity contribution in [2.75, 3.05) is 13.1 Å². The number of sulfonamides is 1. The number of hydrogen-bond acceptors (Lipinski definition) is 6. The van der Waals surface area contributed by atoms with E-state index in [0.717, 1.165) is 5.56 Å². The van der Waals surface area contributed by atoms with Gasteiger partial charge in [-0.1, -0.05) is 18.2 Å². The molecule has 0 aliphatic carbocycles. The van der Waals surface area contributed by atoms with Crippen molar-refractivity contribution >= 4 is 10.0 Å². The van der Waals surface area contributed by atoms with Crippen LogP contribution in [0.2, 0.25) is 0 Å². The zero-order chi connectivity index (χ0) is 21.4. The first kappa shape index (κ1) is 20.0. The summed E-state index contributed by atoms with van der Waals surface area (Å²) in [5.74, 6) is -0.173. The highest BCUT2D eigenvalue weighted by Gasteiger charge is 2.47. The van der Waals surface area contributed by atoms with Gasteiger partial charge in [0.05, 0.1) is 18.3 Å². The van der Waals surface area contributed by atoms with E-state index in [2.05, 4.69) is 14.9 Å². The Morgan fingerprint density at radius 2 is 1.87 bits per heavy atom. The Hall–Kier alpha value is -2.88. The number of rotatable bonds is 4. The van der Waals surface area contributed by atoms with Crippen molar-refractivity contribution in [1.29, 1.82) is 0 Å². The van der Waals surface area contributed by atoms with Crippen molar-refractivity contribution in [3.63, 3.8) is 0 Å².